The van der Waals surface area contributed by atoms with Gasteiger partial charge in [0.1, 0.15) is 9.96 Å². The summed E-state index contributed by atoms with van der Waals surface area (Å²) in [4.78, 5) is 39.4. The van der Waals surface area contributed by atoms with Crippen molar-refractivity contribution in [1.82, 2.24) is 4.98 Å². The van der Waals surface area contributed by atoms with Crippen LogP contribution in [0.4, 0.5) is 10.8 Å². The number of ether oxygens (including phenoxy) is 1. The van der Waals surface area contributed by atoms with E-state index in [2.05, 4.69) is 15.6 Å². The number of sulfone groups is 1. The van der Waals surface area contributed by atoms with Crippen LogP contribution in [0.3, 0.4) is 0 Å². The van der Waals surface area contributed by atoms with E-state index in [0.717, 1.165) is 11.8 Å². The standard InChI is InChI=1S/C19H23N3O7S2/c1-10(2)9-29-14-7-11(3)5-6-12(14)20-16(25)17(26)22-19-21-13(8-15(23)24)18(30-19)31(4,27)28/h5-7,10H,8-9H2,1-4H3,(H,20,25)(H,23,24)(H,21,22,26). The quantitative estimate of drug-likeness (QED) is 0.497. The van der Waals surface area contributed by atoms with Gasteiger partial charge in [-0.25, -0.2) is 13.4 Å². The van der Waals surface area contributed by atoms with Crippen molar-refractivity contribution in [3.8, 4) is 5.75 Å². The number of benzene rings is 1. The fourth-order valence-electron chi connectivity index (χ4n) is 2.38. The minimum Gasteiger partial charge on any atom is -0.491 e. The van der Waals surface area contributed by atoms with Crippen LogP contribution in [0.5, 0.6) is 5.75 Å². The summed E-state index contributed by atoms with van der Waals surface area (Å²) in [6.07, 6.45) is 0.265. The third-order valence-electron chi connectivity index (χ3n) is 3.70. The molecule has 2 rings (SSSR count). The molecule has 0 saturated carbocycles. The lowest BCUT2D eigenvalue weighted by Gasteiger charge is -2.14. The van der Waals surface area contributed by atoms with Gasteiger partial charge in [0.15, 0.2) is 15.0 Å². The van der Waals surface area contributed by atoms with Crippen molar-refractivity contribution < 1.29 is 32.6 Å². The summed E-state index contributed by atoms with van der Waals surface area (Å²) < 4.78 is 29.1. The molecular formula is C19H23N3O7S2. The highest BCUT2D eigenvalue weighted by molar-refractivity contribution is 7.92. The third kappa shape index (κ3) is 7.03. The molecule has 0 unspecified atom stereocenters. The van der Waals surface area contributed by atoms with Crippen LogP contribution in [0.25, 0.3) is 0 Å². The van der Waals surface area contributed by atoms with Crippen molar-refractivity contribution in [2.45, 2.75) is 31.4 Å². The minimum absolute atomic E-state index is 0.197. The van der Waals surface area contributed by atoms with Crippen LogP contribution in [0, 0.1) is 12.8 Å². The van der Waals surface area contributed by atoms with Gasteiger partial charge in [-0.1, -0.05) is 31.3 Å². The summed E-state index contributed by atoms with van der Waals surface area (Å²) in [5, 5.41) is 13.4. The van der Waals surface area contributed by atoms with Gasteiger partial charge in [-0.15, -0.1) is 0 Å². The second-order valence-electron chi connectivity index (χ2n) is 7.21. The van der Waals surface area contributed by atoms with Crippen LogP contribution in [-0.2, 0) is 30.6 Å². The summed E-state index contributed by atoms with van der Waals surface area (Å²) >= 11 is 0.578. The lowest BCUT2D eigenvalue weighted by Crippen LogP contribution is -2.29. The number of amides is 2. The van der Waals surface area contributed by atoms with Crippen molar-refractivity contribution in [2.75, 3.05) is 23.5 Å². The number of carboxylic acid groups (broad SMARTS) is 1. The molecule has 0 radical (unpaired) electrons. The number of carbonyl (C=O) groups excluding carboxylic acids is 2. The van der Waals surface area contributed by atoms with E-state index in [4.69, 9.17) is 9.84 Å². The first-order valence-electron chi connectivity index (χ1n) is 9.14. The molecule has 0 bridgehead atoms. The van der Waals surface area contributed by atoms with Gasteiger partial charge in [0, 0.05) is 6.26 Å². The molecule has 0 aliphatic heterocycles. The van der Waals surface area contributed by atoms with Gasteiger partial charge >= 0.3 is 17.8 Å². The van der Waals surface area contributed by atoms with Crippen LogP contribution in [-0.4, -0.2) is 49.2 Å². The highest BCUT2D eigenvalue weighted by Gasteiger charge is 2.24. The first kappa shape index (κ1) is 24.3. The highest BCUT2D eigenvalue weighted by atomic mass is 32.2. The van der Waals surface area contributed by atoms with Gasteiger partial charge in [-0.05, 0) is 30.5 Å². The molecule has 168 valence electrons. The molecule has 12 heteroatoms. The lowest BCUT2D eigenvalue weighted by molar-refractivity contribution is -0.136. The van der Waals surface area contributed by atoms with Gasteiger partial charge in [-0.2, -0.15) is 0 Å². The summed E-state index contributed by atoms with van der Waals surface area (Å²) in [6.45, 7) is 6.22. The number of carbonyl (C=O) groups is 3. The number of aliphatic carboxylic acids is 1. The number of hydrogen-bond acceptors (Lipinski definition) is 8. The van der Waals surface area contributed by atoms with E-state index in [1.807, 2.05) is 20.8 Å². The van der Waals surface area contributed by atoms with Crippen molar-refractivity contribution in [2.24, 2.45) is 5.92 Å². The average Bonchev–Trinajstić information content (AvgIpc) is 3.03. The number of carboxylic acids is 1. The molecule has 1 aromatic carbocycles. The van der Waals surface area contributed by atoms with E-state index in [1.54, 1.807) is 18.2 Å². The van der Waals surface area contributed by atoms with Crippen LogP contribution < -0.4 is 15.4 Å². The SMILES string of the molecule is Cc1ccc(NC(=O)C(=O)Nc2nc(CC(=O)O)c(S(C)(=O)=O)s2)c(OCC(C)C)c1. The third-order valence-corrected chi connectivity index (χ3v) is 6.58. The largest absolute Gasteiger partial charge is 0.491 e. The maximum absolute atomic E-state index is 12.3. The molecule has 31 heavy (non-hydrogen) atoms. The first-order valence-corrected chi connectivity index (χ1v) is 11.8. The molecular weight excluding hydrogens is 446 g/mol. The number of rotatable bonds is 8. The summed E-state index contributed by atoms with van der Waals surface area (Å²) in [7, 11) is -3.76. The van der Waals surface area contributed by atoms with E-state index in [0.29, 0.717) is 29.4 Å². The second kappa shape index (κ2) is 9.88. The van der Waals surface area contributed by atoms with Crippen molar-refractivity contribution in [3.63, 3.8) is 0 Å². The number of aromatic nitrogens is 1. The monoisotopic (exact) mass is 469 g/mol. The molecule has 0 atom stereocenters. The van der Waals surface area contributed by atoms with Gasteiger partial charge in [0.05, 0.1) is 24.4 Å². The zero-order valence-corrected chi connectivity index (χ0v) is 19.0. The maximum atomic E-state index is 12.3. The summed E-state index contributed by atoms with van der Waals surface area (Å²) in [6, 6.07) is 5.08. The Hall–Kier alpha value is -2.99. The molecule has 1 aromatic heterocycles. The highest BCUT2D eigenvalue weighted by Crippen LogP contribution is 2.29. The van der Waals surface area contributed by atoms with E-state index in [-0.39, 0.29) is 21.0 Å². The van der Waals surface area contributed by atoms with Crippen molar-refractivity contribution in [3.05, 3.63) is 29.5 Å². The minimum atomic E-state index is -3.76. The molecule has 0 aliphatic rings. The van der Waals surface area contributed by atoms with Crippen molar-refractivity contribution in [1.29, 1.82) is 0 Å². The van der Waals surface area contributed by atoms with Gasteiger partial charge in [0.2, 0.25) is 0 Å². The average molecular weight is 470 g/mol. The molecule has 10 nitrogen and oxygen atoms in total. The van der Waals surface area contributed by atoms with Crippen molar-refractivity contribution >= 4 is 49.8 Å². The molecule has 0 aliphatic carbocycles. The lowest BCUT2D eigenvalue weighted by atomic mass is 10.2. The molecule has 2 aromatic rings. The molecule has 3 N–H and O–H groups in total. The molecule has 0 saturated heterocycles. The van der Waals surface area contributed by atoms with E-state index >= 15 is 0 Å². The fourth-order valence-corrected chi connectivity index (χ4v) is 4.48. The summed E-state index contributed by atoms with van der Waals surface area (Å²) in [5.41, 5.74) is 0.996. The topological polar surface area (TPSA) is 152 Å². The van der Waals surface area contributed by atoms with Crippen LogP contribution in [0.15, 0.2) is 22.4 Å². The Morgan fingerprint density at radius 2 is 1.84 bits per heavy atom. The van der Waals surface area contributed by atoms with Gasteiger partial charge in [-0.3, -0.25) is 19.7 Å². The van der Waals surface area contributed by atoms with Gasteiger partial charge in [0.25, 0.3) is 0 Å². The Morgan fingerprint density at radius 3 is 2.42 bits per heavy atom. The number of thiazole rings is 1. The predicted octanol–water partition coefficient (Wildman–Crippen LogP) is 2.09. The summed E-state index contributed by atoms with van der Waals surface area (Å²) in [5.74, 6) is -2.73. The number of aryl methyl sites for hydroxylation is 1. The van der Waals surface area contributed by atoms with Crippen LogP contribution in [0.2, 0.25) is 0 Å². The Balaban J connectivity index is 2.18. The molecule has 0 spiro atoms. The number of nitrogens with zero attached hydrogens (tertiary/aromatic N) is 1. The Morgan fingerprint density at radius 1 is 1.19 bits per heavy atom. The normalized spacial score (nSPS) is 11.3. The zero-order valence-electron chi connectivity index (χ0n) is 17.4. The smallest absolute Gasteiger partial charge is 0.315 e. The number of hydrogen-bond donors (Lipinski definition) is 3. The fraction of sp³-hybridized carbons (Fsp3) is 0.368. The molecule has 1 heterocycles. The Labute approximate surface area is 183 Å². The van der Waals surface area contributed by atoms with Crippen LogP contribution >= 0.6 is 11.3 Å². The van der Waals surface area contributed by atoms with Gasteiger partial charge < -0.3 is 15.2 Å². The van der Waals surface area contributed by atoms with E-state index in [1.165, 1.54) is 0 Å². The number of anilines is 2. The zero-order chi connectivity index (χ0) is 23.3. The molecule has 2 amide bonds. The van der Waals surface area contributed by atoms with Crippen LogP contribution in [0.1, 0.15) is 25.1 Å². The Bertz CT molecular complexity index is 1110. The number of nitrogens with one attached hydrogen (secondary N) is 2. The molecule has 0 fully saturated rings. The first-order chi connectivity index (χ1) is 14.4. The predicted molar refractivity (Wildman–Crippen MR) is 115 cm³/mol. The Kier molecular flexibility index (Phi) is 7.74. The second-order valence-corrected chi connectivity index (χ2v) is 10.4. The van der Waals surface area contributed by atoms with E-state index < -0.39 is 34.0 Å². The maximum Gasteiger partial charge on any atom is 0.315 e. The van der Waals surface area contributed by atoms with E-state index in [9.17, 15) is 22.8 Å².